The van der Waals surface area contributed by atoms with Gasteiger partial charge in [0.1, 0.15) is 0 Å². The monoisotopic (exact) mass is 606 g/mol. The predicted molar refractivity (Wildman–Crippen MR) is 167 cm³/mol. The smallest absolute Gasteiger partial charge is 0.338 e. The van der Waals surface area contributed by atoms with Gasteiger partial charge in [0.2, 0.25) is 0 Å². The van der Waals surface area contributed by atoms with Crippen LogP contribution in [0.4, 0.5) is 0 Å². The number of thiazole rings is 1. The molecule has 0 bridgehead atoms. The molecule has 4 rings (SSSR count). The maximum atomic E-state index is 14.1. The first-order valence-electron chi connectivity index (χ1n) is 14.2. The summed E-state index contributed by atoms with van der Waals surface area (Å²) in [6, 6.07) is 8.42. The van der Waals surface area contributed by atoms with E-state index in [1.165, 1.54) is 11.3 Å². The Labute approximate surface area is 255 Å². The van der Waals surface area contributed by atoms with E-state index in [0.717, 1.165) is 11.1 Å². The van der Waals surface area contributed by atoms with E-state index in [-0.39, 0.29) is 23.8 Å². The quantitative estimate of drug-likeness (QED) is 0.217. The molecule has 228 valence electrons. The maximum Gasteiger partial charge on any atom is 0.338 e. The van der Waals surface area contributed by atoms with E-state index >= 15 is 0 Å². The standard InChI is InChI=1S/C33H38N2O7S/c1-9-12-23-15-21(16-26(40-10-2)30(23)39-8)17-27-31(36)35-29(22-13-14-24(42-19(4)5)25(18-22)38-7)28(32(37)41-11-3)20(6)34-33(35)43-27/h9,13-19,29H,1,10-12H2,2-8H3/b27-17-/t29-/m0/s1. The number of methoxy groups -OCH3 is 2. The number of esters is 1. The molecule has 2 heterocycles. The highest BCUT2D eigenvalue weighted by Gasteiger charge is 2.34. The zero-order valence-electron chi connectivity index (χ0n) is 25.7. The molecule has 0 unspecified atom stereocenters. The molecule has 3 aromatic rings. The van der Waals surface area contributed by atoms with Gasteiger partial charge in [0.05, 0.1) is 55.4 Å². The Bertz CT molecular complexity index is 1730. The number of aromatic nitrogens is 1. The highest BCUT2D eigenvalue weighted by molar-refractivity contribution is 7.07. The molecule has 0 spiro atoms. The van der Waals surface area contributed by atoms with Gasteiger partial charge in [0, 0.05) is 5.56 Å². The normalized spacial score (nSPS) is 14.7. The van der Waals surface area contributed by atoms with Crippen LogP contribution in [-0.4, -0.2) is 44.1 Å². The van der Waals surface area contributed by atoms with Gasteiger partial charge in [0.15, 0.2) is 27.8 Å². The summed E-state index contributed by atoms with van der Waals surface area (Å²) < 4.78 is 30.4. The van der Waals surface area contributed by atoms with Gasteiger partial charge in [-0.1, -0.05) is 23.5 Å². The van der Waals surface area contributed by atoms with Crippen LogP contribution in [0.2, 0.25) is 0 Å². The molecule has 0 fully saturated rings. The Hall–Kier alpha value is -4.31. The molecule has 2 aromatic carbocycles. The lowest BCUT2D eigenvalue weighted by atomic mass is 9.95. The molecule has 0 N–H and O–H groups in total. The molecule has 0 saturated heterocycles. The topological polar surface area (TPSA) is 97.6 Å². The Morgan fingerprint density at radius 1 is 1.09 bits per heavy atom. The fourth-order valence-corrected chi connectivity index (χ4v) is 6.08. The second kappa shape index (κ2) is 13.8. The lowest BCUT2D eigenvalue weighted by Gasteiger charge is -2.25. The van der Waals surface area contributed by atoms with E-state index in [9.17, 15) is 9.59 Å². The number of benzene rings is 2. The summed E-state index contributed by atoms with van der Waals surface area (Å²) in [7, 11) is 3.15. The van der Waals surface area contributed by atoms with Crippen molar-refractivity contribution in [1.82, 2.24) is 4.57 Å². The number of fused-ring (bicyclic) bond motifs is 1. The van der Waals surface area contributed by atoms with Crippen LogP contribution >= 0.6 is 11.3 Å². The number of hydrogen-bond acceptors (Lipinski definition) is 9. The summed E-state index contributed by atoms with van der Waals surface area (Å²) in [5, 5.41) is 0. The Balaban J connectivity index is 1.95. The van der Waals surface area contributed by atoms with Crippen LogP contribution in [0.25, 0.3) is 6.08 Å². The molecule has 1 aliphatic heterocycles. The molecule has 1 atom stereocenters. The Morgan fingerprint density at radius 3 is 2.49 bits per heavy atom. The third-order valence-corrected chi connectivity index (χ3v) is 7.69. The molecule has 0 radical (unpaired) electrons. The summed E-state index contributed by atoms with van der Waals surface area (Å²) in [6.07, 6.45) is 4.09. The minimum absolute atomic E-state index is 0.0668. The highest BCUT2D eigenvalue weighted by atomic mass is 32.1. The average Bonchev–Trinajstić information content (AvgIpc) is 3.26. The molecule has 0 amide bonds. The molecule has 0 saturated carbocycles. The Kier molecular flexibility index (Phi) is 10.1. The summed E-state index contributed by atoms with van der Waals surface area (Å²) in [5.41, 5.74) is 2.79. The van der Waals surface area contributed by atoms with Crippen molar-refractivity contribution in [2.75, 3.05) is 27.4 Å². The second-order valence-corrected chi connectivity index (χ2v) is 11.0. The van der Waals surface area contributed by atoms with Crippen LogP contribution in [0.3, 0.4) is 0 Å². The molecule has 0 aliphatic carbocycles. The van der Waals surface area contributed by atoms with Crippen molar-refractivity contribution in [1.29, 1.82) is 0 Å². The zero-order chi connectivity index (χ0) is 31.3. The predicted octanol–water partition coefficient (Wildman–Crippen LogP) is 4.73. The second-order valence-electron chi connectivity index (χ2n) is 10.0. The van der Waals surface area contributed by atoms with Crippen LogP contribution in [0.1, 0.15) is 57.4 Å². The highest BCUT2D eigenvalue weighted by Crippen LogP contribution is 2.37. The first-order chi connectivity index (χ1) is 20.7. The zero-order valence-corrected chi connectivity index (χ0v) is 26.5. The number of carbonyl (C=O) groups excluding carboxylic acids is 1. The molecule has 9 nitrogen and oxygen atoms in total. The van der Waals surface area contributed by atoms with Crippen LogP contribution in [0, 0.1) is 0 Å². The van der Waals surface area contributed by atoms with Crippen molar-refractivity contribution < 1.29 is 28.5 Å². The van der Waals surface area contributed by atoms with E-state index in [4.69, 9.17) is 23.7 Å². The lowest BCUT2D eigenvalue weighted by Crippen LogP contribution is -2.40. The number of ether oxygens (including phenoxy) is 5. The largest absolute Gasteiger partial charge is 0.493 e. The van der Waals surface area contributed by atoms with Gasteiger partial charge >= 0.3 is 5.97 Å². The third-order valence-electron chi connectivity index (χ3n) is 6.70. The van der Waals surface area contributed by atoms with Crippen molar-refractivity contribution >= 4 is 23.4 Å². The van der Waals surface area contributed by atoms with Gasteiger partial charge in [-0.3, -0.25) is 9.36 Å². The van der Waals surface area contributed by atoms with Crippen LogP contribution in [-0.2, 0) is 16.0 Å². The molecule has 43 heavy (non-hydrogen) atoms. The fourth-order valence-electron chi connectivity index (χ4n) is 5.03. The number of carbonyl (C=O) groups is 1. The van der Waals surface area contributed by atoms with Crippen molar-refractivity contribution in [2.24, 2.45) is 4.99 Å². The fraction of sp³-hybridized carbons (Fsp3) is 0.364. The summed E-state index contributed by atoms with van der Waals surface area (Å²) in [4.78, 5) is 32.6. The van der Waals surface area contributed by atoms with Crippen LogP contribution in [0.5, 0.6) is 23.0 Å². The number of allylic oxidation sites excluding steroid dienone is 2. The molecular formula is C33H38N2O7S. The van der Waals surface area contributed by atoms with E-state index < -0.39 is 12.0 Å². The van der Waals surface area contributed by atoms with Crippen LogP contribution in [0.15, 0.2) is 64.0 Å². The molecule has 1 aromatic heterocycles. The first kappa shape index (κ1) is 31.6. The molecule has 1 aliphatic rings. The first-order valence-corrected chi connectivity index (χ1v) is 15.0. The van der Waals surface area contributed by atoms with Gasteiger partial charge in [-0.2, -0.15) is 0 Å². The minimum atomic E-state index is -0.786. The van der Waals surface area contributed by atoms with E-state index in [2.05, 4.69) is 11.6 Å². The van der Waals surface area contributed by atoms with Crippen molar-refractivity contribution in [3.63, 3.8) is 0 Å². The minimum Gasteiger partial charge on any atom is -0.493 e. The number of nitrogens with zero attached hydrogens (tertiary/aromatic N) is 2. The summed E-state index contributed by atoms with van der Waals surface area (Å²) in [6.45, 7) is 13.7. The van der Waals surface area contributed by atoms with Gasteiger partial charge in [-0.25, -0.2) is 9.79 Å². The third kappa shape index (κ3) is 6.54. The summed E-state index contributed by atoms with van der Waals surface area (Å²) in [5.74, 6) is 1.73. The molecular weight excluding hydrogens is 568 g/mol. The average molecular weight is 607 g/mol. The molecule has 10 heteroatoms. The number of rotatable bonds is 12. The van der Waals surface area contributed by atoms with E-state index in [1.807, 2.05) is 39.0 Å². The van der Waals surface area contributed by atoms with Gasteiger partial charge in [-0.15, -0.1) is 6.58 Å². The summed E-state index contributed by atoms with van der Waals surface area (Å²) >= 11 is 1.25. The van der Waals surface area contributed by atoms with Gasteiger partial charge in [-0.05, 0) is 82.5 Å². The van der Waals surface area contributed by atoms with E-state index in [0.29, 0.717) is 56.6 Å². The van der Waals surface area contributed by atoms with E-state index in [1.54, 1.807) is 56.9 Å². The SMILES string of the molecule is C=CCc1cc(/C=c2\sc3n(c2=O)[C@@H](c2ccc(OC(C)C)c(OC)c2)C(C(=O)OCC)=C(C)N=3)cc(OCC)c1OC. The van der Waals surface area contributed by atoms with Crippen molar-refractivity contribution in [2.45, 2.75) is 53.2 Å². The van der Waals surface area contributed by atoms with Crippen molar-refractivity contribution in [3.05, 3.63) is 90.6 Å². The lowest BCUT2D eigenvalue weighted by molar-refractivity contribution is -0.139. The maximum absolute atomic E-state index is 14.1. The Morgan fingerprint density at radius 2 is 1.86 bits per heavy atom. The van der Waals surface area contributed by atoms with Crippen molar-refractivity contribution in [3.8, 4) is 23.0 Å². The van der Waals surface area contributed by atoms with Gasteiger partial charge in [0.25, 0.3) is 5.56 Å². The van der Waals surface area contributed by atoms with Crippen LogP contribution < -0.4 is 33.8 Å². The number of hydrogen-bond donors (Lipinski definition) is 0. The van der Waals surface area contributed by atoms with Gasteiger partial charge < -0.3 is 23.7 Å².